The number of aliphatic hydroxyl groups excluding tert-OH is 1. The molecule has 0 aromatic carbocycles. The molecule has 2 saturated heterocycles. The van der Waals surface area contributed by atoms with Gasteiger partial charge in [-0.3, -0.25) is 9.59 Å². The second-order valence-electron chi connectivity index (χ2n) is 16.8. The minimum absolute atomic E-state index is 0.0224. The first-order chi connectivity index (χ1) is 24.4. The number of nitrogens with zero attached hydrogens (tertiary/aromatic N) is 1. The average molecular weight is 734 g/mol. The first-order valence-corrected chi connectivity index (χ1v) is 19.9. The van der Waals surface area contributed by atoms with Crippen LogP contribution in [0.15, 0.2) is 23.8 Å². The van der Waals surface area contributed by atoms with Crippen molar-refractivity contribution >= 4 is 18.0 Å². The molecule has 0 aromatic rings. The Morgan fingerprint density at radius 3 is 2.12 bits per heavy atom. The molecule has 3 aliphatic rings. The molecule has 1 N–H and O–H groups in total. The second kappa shape index (κ2) is 20.1. The van der Waals surface area contributed by atoms with Crippen LogP contribution in [0, 0.1) is 53.3 Å². The molecule has 10 nitrogen and oxygen atoms in total. The van der Waals surface area contributed by atoms with E-state index in [1.807, 2.05) is 40.7 Å². The van der Waals surface area contributed by atoms with Crippen LogP contribution in [0.1, 0.15) is 102 Å². The molecule has 3 heterocycles. The summed E-state index contributed by atoms with van der Waals surface area (Å²) in [6, 6.07) is 0.174. The van der Waals surface area contributed by atoms with Crippen LogP contribution in [0.2, 0.25) is 0 Å². The highest BCUT2D eigenvalue weighted by Crippen LogP contribution is 2.38. The summed E-state index contributed by atoms with van der Waals surface area (Å²) < 4.78 is 32.1. The Labute approximate surface area is 314 Å². The van der Waals surface area contributed by atoms with Crippen molar-refractivity contribution < 1.29 is 43.2 Å². The fraction of sp³-hybridized carbons (Fsp3) is 0.833. The summed E-state index contributed by atoms with van der Waals surface area (Å²) in [4.78, 5) is 41.5. The van der Waals surface area contributed by atoms with E-state index in [1.165, 1.54) is 0 Å². The van der Waals surface area contributed by atoms with Crippen molar-refractivity contribution in [1.82, 2.24) is 4.90 Å². The van der Waals surface area contributed by atoms with Crippen LogP contribution in [-0.4, -0.2) is 97.9 Å². The third-order valence-corrected chi connectivity index (χ3v) is 12.8. The number of aliphatic hydroxyl groups is 1. The van der Waals surface area contributed by atoms with Gasteiger partial charge in [-0.1, -0.05) is 73.1 Å². The highest BCUT2D eigenvalue weighted by atomic mass is 16.7. The maximum atomic E-state index is 13.6. The van der Waals surface area contributed by atoms with Gasteiger partial charge >= 0.3 is 5.97 Å². The smallest absolute Gasteiger partial charge is 0.308 e. The molecule has 0 spiro atoms. The van der Waals surface area contributed by atoms with Crippen molar-refractivity contribution in [1.29, 1.82) is 0 Å². The Balaban J connectivity index is 1.95. The average Bonchev–Trinajstić information content (AvgIpc) is 3.08. The van der Waals surface area contributed by atoms with Crippen LogP contribution >= 0.6 is 0 Å². The summed E-state index contributed by atoms with van der Waals surface area (Å²) in [6.45, 7) is 22.8. The van der Waals surface area contributed by atoms with Crippen molar-refractivity contribution in [2.24, 2.45) is 53.3 Å². The monoisotopic (exact) mass is 734 g/mol. The van der Waals surface area contributed by atoms with Crippen molar-refractivity contribution in [3.05, 3.63) is 23.8 Å². The van der Waals surface area contributed by atoms with E-state index in [9.17, 15) is 19.5 Å². The van der Waals surface area contributed by atoms with E-state index in [2.05, 4.69) is 60.5 Å². The zero-order valence-corrected chi connectivity index (χ0v) is 34.3. The lowest BCUT2D eigenvalue weighted by Gasteiger charge is -2.48. The van der Waals surface area contributed by atoms with Crippen LogP contribution < -0.4 is 0 Å². The lowest BCUT2D eigenvalue weighted by atomic mass is 9.79. The Hall–Kier alpha value is -1.95. The normalized spacial score (nSPS) is 44.8. The van der Waals surface area contributed by atoms with Gasteiger partial charge in [-0.25, -0.2) is 0 Å². The molecule has 0 bridgehead atoms. The SMILES string of the molecule is CC[C@H]1OC(=O)C[C@@H](O)[C@H](C)[C@@H](O[C@@H]2O[C@H](C)[C@@H](C)[C@H](N(C)C)[C@H]2C)[C@@H](CC=O)C[C@@H](C)C(=O)/C=C/C(C)=C/[C@@H]1CO[C@@H]1O[C@H](C)[C@@H](C)[C@@H](C)[C@H]1C. The lowest BCUT2D eigenvalue weighted by Crippen LogP contribution is -2.56. The van der Waals surface area contributed by atoms with Crippen molar-refractivity contribution in [2.45, 2.75) is 151 Å². The predicted octanol–water partition coefficient (Wildman–Crippen LogP) is 6.63. The fourth-order valence-electron chi connectivity index (χ4n) is 8.66. The third-order valence-electron chi connectivity index (χ3n) is 12.8. The van der Waals surface area contributed by atoms with Crippen LogP contribution in [0.3, 0.4) is 0 Å². The van der Waals surface area contributed by atoms with Gasteiger partial charge in [0.1, 0.15) is 12.4 Å². The maximum absolute atomic E-state index is 13.6. The largest absolute Gasteiger partial charge is 0.462 e. The molecule has 0 aliphatic carbocycles. The zero-order chi connectivity index (χ0) is 39.0. The topological polar surface area (TPSA) is 121 Å². The van der Waals surface area contributed by atoms with E-state index in [1.54, 1.807) is 12.2 Å². The first kappa shape index (κ1) is 44.4. The van der Waals surface area contributed by atoms with Gasteiger partial charge in [0.05, 0.1) is 37.4 Å². The number of ketones is 1. The molecule has 298 valence electrons. The summed E-state index contributed by atoms with van der Waals surface area (Å²) >= 11 is 0. The maximum Gasteiger partial charge on any atom is 0.308 e. The van der Waals surface area contributed by atoms with Crippen LogP contribution in [0.5, 0.6) is 0 Å². The number of hydrogen-bond acceptors (Lipinski definition) is 10. The van der Waals surface area contributed by atoms with E-state index in [0.29, 0.717) is 24.7 Å². The molecular weight excluding hydrogens is 662 g/mol. The summed E-state index contributed by atoms with van der Waals surface area (Å²) in [5.41, 5.74) is 0.838. The Kier molecular flexibility index (Phi) is 17.2. The molecular formula is C42H71NO9. The Morgan fingerprint density at radius 1 is 0.865 bits per heavy atom. The van der Waals surface area contributed by atoms with Crippen LogP contribution in [0.25, 0.3) is 0 Å². The third kappa shape index (κ3) is 11.3. The molecule has 3 aliphatic heterocycles. The Bertz CT molecular complexity index is 1220. The van der Waals surface area contributed by atoms with E-state index >= 15 is 0 Å². The highest BCUT2D eigenvalue weighted by molar-refractivity contribution is 5.91. The molecule has 3 rings (SSSR count). The van der Waals surface area contributed by atoms with E-state index in [4.69, 9.17) is 23.7 Å². The molecule has 10 heteroatoms. The minimum atomic E-state index is -1.13. The Morgan fingerprint density at radius 2 is 1.50 bits per heavy atom. The van der Waals surface area contributed by atoms with Crippen molar-refractivity contribution in [3.63, 3.8) is 0 Å². The number of allylic oxidation sites excluding steroid dienone is 3. The molecule has 17 atom stereocenters. The molecule has 0 saturated carbocycles. The van der Waals surface area contributed by atoms with Gasteiger partial charge in [0.25, 0.3) is 0 Å². The molecule has 0 aromatic heterocycles. The standard InChI is InChI=1S/C42H71NO9/c1-14-37-34(22-48-41-27(6)25(4)26(5)31(10)49-41)19-23(2)15-16-35(45)24(3)20-33(17-18-44)40(29(8)36(46)21-38(47)51-37)52-42-30(9)39(43(12)13)28(7)32(11)50-42/h15-16,18-19,24-34,36-37,39-42,46H,14,17,20-22H2,1-13H3/b16-15+,23-19+/t24-,25-,26+,27-,28-,29+,30-,31-,32-,33+,34-,36-,37-,39+,40-,41-,42+/m1/s1. The molecule has 0 unspecified atom stereocenters. The molecule has 0 amide bonds. The van der Waals surface area contributed by atoms with Crippen LogP contribution in [-0.2, 0) is 38.1 Å². The number of esters is 1. The number of aldehydes is 1. The number of cyclic esters (lactones) is 1. The molecule has 52 heavy (non-hydrogen) atoms. The summed E-state index contributed by atoms with van der Waals surface area (Å²) in [6.07, 6.45) is 3.63. The van der Waals surface area contributed by atoms with E-state index in [-0.39, 0.29) is 67.2 Å². The minimum Gasteiger partial charge on any atom is -0.462 e. The molecule has 2 fully saturated rings. The number of carbonyl (C=O) groups is 3. The van der Waals surface area contributed by atoms with E-state index in [0.717, 1.165) is 11.9 Å². The van der Waals surface area contributed by atoms with Gasteiger partial charge in [0, 0.05) is 42.1 Å². The van der Waals surface area contributed by atoms with Crippen LogP contribution in [0.4, 0.5) is 0 Å². The first-order valence-electron chi connectivity index (χ1n) is 19.9. The molecule has 0 radical (unpaired) electrons. The summed E-state index contributed by atoms with van der Waals surface area (Å²) in [5.74, 6) is -1.07. The van der Waals surface area contributed by atoms with Crippen molar-refractivity contribution in [2.75, 3.05) is 20.7 Å². The van der Waals surface area contributed by atoms with Crippen molar-refractivity contribution in [3.8, 4) is 0 Å². The summed E-state index contributed by atoms with van der Waals surface area (Å²) in [7, 11) is 4.10. The second-order valence-corrected chi connectivity index (χ2v) is 16.8. The zero-order valence-electron chi connectivity index (χ0n) is 34.3. The van der Waals surface area contributed by atoms with Gasteiger partial charge in [-0.2, -0.15) is 0 Å². The number of hydrogen-bond donors (Lipinski definition) is 1. The van der Waals surface area contributed by atoms with Gasteiger partial charge in [0.2, 0.25) is 0 Å². The predicted molar refractivity (Wildman–Crippen MR) is 202 cm³/mol. The quantitative estimate of drug-likeness (QED) is 0.204. The van der Waals surface area contributed by atoms with Gasteiger partial charge < -0.3 is 38.5 Å². The van der Waals surface area contributed by atoms with Gasteiger partial charge in [0.15, 0.2) is 18.4 Å². The summed E-state index contributed by atoms with van der Waals surface area (Å²) in [5, 5.41) is 11.7. The highest BCUT2D eigenvalue weighted by Gasteiger charge is 2.45. The number of ether oxygens (including phenoxy) is 5. The van der Waals surface area contributed by atoms with Gasteiger partial charge in [-0.15, -0.1) is 0 Å². The fourth-order valence-corrected chi connectivity index (χ4v) is 8.66. The number of rotatable bonds is 9. The van der Waals surface area contributed by atoms with E-state index < -0.39 is 54.6 Å². The van der Waals surface area contributed by atoms with Gasteiger partial charge in [-0.05, 0) is 77.5 Å². The lowest BCUT2D eigenvalue weighted by molar-refractivity contribution is -0.277. The number of carbonyl (C=O) groups excluding carboxylic acids is 3.